The molecular weight excluding hydrogens is 310 g/mol. The van der Waals surface area contributed by atoms with E-state index in [4.69, 9.17) is 17.3 Å². The van der Waals surface area contributed by atoms with E-state index in [9.17, 15) is 9.59 Å². The summed E-state index contributed by atoms with van der Waals surface area (Å²) in [4.78, 5) is 24.4. The van der Waals surface area contributed by atoms with Crippen LogP contribution < -0.4 is 16.4 Å². The molecular formula is C14H14ClN3O2S. The first-order valence-corrected chi connectivity index (χ1v) is 7.38. The predicted molar refractivity (Wildman–Crippen MR) is 84.4 cm³/mol. The van der Waals surface area contributed by atoms with Gasteiger partial charge >= 0.3 is 0 Å². The summed E-state index contributed by atoms with van der Waals surface area (Å²) in [6, 6.07) is 10.1. The number of thiophene rings is 1. The normalized spacial score (nSPS) is 10.1. The maximum Gasteiger partial charge on any atom is 0.251 e. The third kappa shape index (κ3) is 4.77. The molecule has 0 radical (unpaired) electrons. The van der Waals surface area contributed by atoms with Gasteiger partial charge in [-0.3, -0.25) is 9.59 Å². The van der Waals surface area contributed by atoms with Crippen LogP contribution in [0.1, 0.15) is 15.2 Å². The fraction of sp³-hybridized carbons (Fsp3) is 0.143. The maximum absolute atomic E-state index is 11.8. The second-order valence-corrected chi connectivity index (χ2v) is 6.09. The molecule has 0 spiro atoms. The summed E-state index contributed by atoms with van der Waals surface area (Å²) in [7, 11) is 0. The minimum atomic E-state index is -0.315. The first-order chi connectivity index (χ1) is 10.0. The number of halogens is 1. The topological polar surface area (TPSA) is 84.2 Å². The van der Waals surface area contributed by atoms with Crippen molar-refractivity contribution >= 4 is 40.4 Å². The van der Waals surface area contributed by atoms with Gasteiger partial charge in [-0.2, -0.15) is 0 Å². The quantitative estimate of drug-likeness (QED) is 0.736. The van der Waals surface area contributed by atoms with Crippen LogP contribution in [0.3, 0.4) is 0 Å². The lowest BCUT2D eigenvalue weighted by Crippen LogP contribution is -2.36. The molecule has 1 aromatic carbocycles. The van der Waals surface area contributed by atoms with Crippen molar-refractivity contribution in [2.75, 3.05) is 12.3 Å². The largest absolute Gasteiger partial charge is 0.399 e. The van der Waals surface area contributed by atoms with Crippen LogP contribution >= 0.6 is 22.9 Å². The van der Waals surface area contributed by atoms with Gasteiger partial charge in [0.15, 0.2) is 0 Å². The van der Waals surface area contributed by atoms with Gasteiger partial charge < -0.3 is 16.4 Å². The molecule has 0 atom stereocenters. The number of rotatable bonds is 5. The van der Waals surface area contributed by atoms with Crippen LogP contribution in [0.25, 0.3) is 0 Å². The number of carbonyl (C=O) groups excluding carboxylic acids is 2. The molecule has 4 N–H and O–H groups in total. The second-order valence-electron chi connectivity index (χ2n) is 4.29. The van der Waals surface area contributed by atoms with E-state index in [0.717, 1.165) is 4.88 Å². The van der Waals surface area contributed by atoms with E-state index in [-0.39, 0.29) is 18.4 Å². The Morgan fingerprint density at radius 3 is 2.43 bits per heavy atom. The summed E-state index contributed by atoms with van der Waals surface area (Å²) in [5.74, 6) is -0.576. The highest BCUT2D eigenvalue weighted by atomic mass is 35.5. The van der Waals surface area contributed by atoms with Gasteiger partial charge in [0.2, 0.25) is 5.91 Å². The number of amides is 2. The van der Waals surface area contributed by atoms with Crippen LogP contribution in [0, 0.1) is 0 Å². The van der Waals surface area contributed by atoms with E-state index in [1.54, 1.807) is 30.3 Å². The van der Waals surface area contributed by atoms with Crippen molar-refractivity contribution in [2.24, 2.45) is 0 Å². The highest BCUT2D eigenvalue weighted by Gasteiger charge is 2.08. The zero-order chi connectivity index (χ0) is 15.2. The molecule has 1 heterocycles. The molecule has 5 nitrogen and oxygen atoms in total. The molecule has 2 aromatic rings. The lowest BCUT2D eigenvalue weighted by Gasteiger charge is -2.06. The molecule has 0 aliphatic carbocycles. The van der Waals surface area contributed by atoms with Gasteiger partial charge in [-0.15, -0.1) is 11.3 Å². The molecule has 0 aliphatic rings. The summed E-state index contributed by atoms with van der Waals surface area (Å²) in [6.07, 6.45) is 0. The van der Waals surface area contributed by atoms with Crippen molar-refractivity contribution in [3.8, 4) is 0 Å². The fourth-order valence-corrected chi connectivity index (χ4v) is 2.62. The van der Waals surface area contributed by atoms with E-state index < -0.39 is 0 Å². The number of hydrogen-bond donors (Lipinski definition) is 3. The van der Waals surface area contributed by atoms with E-state index in [2.05, 4.69) is 10.6 Å². The summed E-state index contributed by atoms with van der Waals surface area (Å²) in [5.41, 5.74) is 6.58. The molecule has 0 saturated carbocycles. The van der Waals surface area contributed by atoms with E-state index in [1.807, 2.05) is 6.07 Å². The molecule has 0 unspecified atom stereocenters. The maximum atomic E-state index is 11.8. The number of benzene rings is 1. The van der Waals surface area contributed by atoms with Gasteiger partial charge in [-0.05, 0) is 36.4 Å². The molecule has 0 aliphatic heterocycles. The molecule has 2 rings (SSSR count). The Hall–Kier alpha value is -2.05. The van der Waals surface area contributed by atoms with Gasteiger partial charge in [-0.25, -0.2) is 0 Å². The Morgan fingerprint density at radius 1 is 1.10 bits per heavy atom. The number of nitrogen functional groups attached to an aromatic ring is 1. The SMILES string of the molecule is Nc1ccc(C(=O)NCC(=O)NCc2ccc(Cl)s2)cc1. The van der Waals surface area contributed by atoms with Gasteiger partial charge in [0.25, 0.3) is 5.91 Å². The van der Waals surface area contributed by atoms with Crippen LogP contribution in [0.2, 0.25) is 4.34 Å². The molecule has 7 heteroatoms. The lowest BCUT2D eigenvalue weighted by atomic mass is 10.2. The Kier molecular flexibility index (Phi) is 5.19. The predicted octanol–water partition coefficient (Wildman–Crippen LogP) is 2.03. The Labute approximate surface area is 131 Å². The van der Waals surface area contributed by atoms with Crippen molar-refractivity contribution in [3.63, 3.8) is 0 Å². The minimum absolute atomic E-state index is 0.0810. The highest BCUT2D eigenvalue weighted by Crippen LogP contribution is 2.20. The lowest BCUT2D eigenvalue weighted by molar-refractivity contribution is -0.120. The Morgan fingerprint density at radius 2 is 1.81 bits per heavy atom. The summed E-state index contributed by atoms with van der Waals surface area (Å²) < 4.78 is 0.677. The van der Waals surface area contributed by atoms with Crippen molar-refractivity contribution in [2.45, 2.75) is 6.54 Å². The fourth-order valence-electron chi connectivity index (χ4n) is 1.59. The van der Waals surface area contributed by atoms with Gasteiger partial charge in [0.1, 0.15) is 0 Å². The van der Waals surface area contributed by atoms with Crippen LogP contribution in [0.4, 0.5) is 5.69 Å². The van der Waals surface area contributed by atoms with E-state index >= 15 is 0 Å². The van der Waals surface area contributed by atoms with Crippen LogP contribution in [-0.2, 0) is 11.3 Å². The average Bonchev–Trinajstić information content (AvgIpc) is 2.89. The summed E-state index contributed by atoms with van der Waals surface area (Å²) >= 11 is 7.20. The molecule has 2 amide bonds. The zero-order valence-corrected chi connectivity index (χ0v) is 12.6. The number of nitrogens with one attached hydrogen (secondary N) is 2. The van der Waals surface area contributed by atoms with Crippen molar-refractivity contribution < 1.29 is 9.59 Å². The van der Waals surface area contributed by atoms with Crippen LogP contribution in [-0.4, -0.2) is 18.4 Å². The number of hydrogen-bond acceptors (Lipinski definition) is 4. The number of nitrogens with two attached hydrogens (primary N) is 1. The van der Waals surface area contributed by atoms with Crippen LogP contribution in [0.5, 0.6) is 0 Å². The second kappa shape index (κ2) is 7.10. The molecule has 0 saturated heterocycles. The van der Waals surface area contributed by atoms with E-state index in [0.29, 0.717) is 22.1 Å². The third-order valence-electron chi connectivity index (χ3n) is 2.67. The van der Waals surface area contributed by atoms with E-state index in [1.165, 1.54) is 11.3 Å². The molecule has 21 heavy (non-hydrogen) atoms. The third-order valence-corrected chi connectivity index (χ3v) is 3.90. The number of anilines is 1. The van der Waals surface area contributed by atoms with Crippen LogP contribution in [0.15, 0.2) is 36.4 Å². The Bertz CT molecular complexity index is 640. The van der Waals surface area contributed by atoms with Gasteiger partial charge in [0, 0.05) is 16.1 Å². The number of carbonyl (C=O) groups is 2. The standard InChI is InChI=1S/C14H14ClN3O2S/c15-12-6-5-11(21-12)7-17-13(19)8-18-14(20)9-1-3-10(16)4-2-9/h1-6H,7-8,16H2,(H,17,19)(H,18,20). The summed E-state index contributed by atoms with van der Waals surface area (Å²) in [6.45, 7) is 0.316. The average molecular weight is 324 g/mol. The zero-order valence-electron chi connectivity index (χ0n) is 11.1. The summed E-state index contributed by atoms with van der Waals surface area (Å²) in [5, 5.41) is 5.25. The smallest absolute Gasteiger partial charge is 0.251 e. The molecule has 110 valence electrons. The molecule has 0 bridgehead atoms. The first kappa shape index (κ1) is 15.3. The van der Waals surface area contributed by atoms with Crippen molar-refractivity contribution in [1.29, 1.82) is 0 Å². The molecule has 0 fully saturated rings. The van der Waals surface area contributed by atoms with Crippen molar-refractivity contribution in [3.05, 3.63) is 51.2 Å². The molecule has 1 aromatic heterocycles. The first-order valence-electron chi connectivity index (χ1n) is 6.19. The highest BCUT2D eigenvalue weighted by molar-refractivity contribution is 7.16. The van der Waals surface area contributed by atoms with Gasteiger partial charge in [0.05, 0.1) is 17.4 Å². The Balaban J connectivity index is 1.75. The van der Waals surface area contributed by atoms with Gasteiger partial charge in [-0.1, -0.05) is 11.6 Å². The minimum Gasteiger partial charge on any atom is -0.399 e. The van der Waals surface area contributed by atoms with Crippen molar-refractivity contribution in [1.82, 2.24) is 10.6 Å². The monoisotopic (exact) mass is 323 g/mol.